The molecular weight excluding hydrogens is 283 g/mol. The summed E-state index contributed by atoms with van der Waals surface area (Å²) in [6.07, 6.45) is -4.30. The molecular formula is C14H22F3N3O. The molecule has 4 nitrogen and oxygen atoms in total. The van der Waals surface area contributed by atoms with Crippen molar-refractivity contribution >= 4 is 5.82 Å². The molecule has 0 aliphatic rings. The monoisotopic (exact) mass is 305 g/mol. The fourth-order valence-corrected chi connectivity index (χ4v) is 1.59. The van der Waals surface area contributed by atoms with Crippen molar-refractivity contribution in [2.75, 3.05) is 18.5 Å². The van der Waals surface area contributed by atoms with E-state index in [1.54, 1.807) is 6.92 Å². The van der Waals surface area contributed by atoms with Crippen LogP contribution in [0.5, 0.6) is 5.88 Å². The molecule has 0 saturated carbocycles. The van der Waals surface area contributed by atoms with Crippen LogP contribution in [-0.2, 0) is 0 Å². The Kier molecular flexibility index (Phi) is 6.23. The lowest BCUT2D eigenvalue weighted by molar-refractivity contribution is -0.139. The molecule has 1 rings (SSSR count). The minimum absolute atomic E-state index is 0.0674. The van der Waals surface area contributed by atoms with Gasteiger partial charge in [0.25, 0.3) is 0 Å². The van der Waals surface area contributed by atoms with Gasteiger partial charge in [-0.15, -0.1) is 0 Å². The second-order valence-corrected chi connectivity index (χ2v) is 5.16. The maximum Gasteiger partial charge on any atom is 0.392 e. The van der Waals surface area contributed by atoms with Crippen molar-refractivity contribution in [2.24, 2.45) is 0 Å². The van der Waals surface area contributed by atoms with Gasteiger partial charge in [-0.1, -0.05) is 20.8 Å². The Morgan fingerprint density at radius 3 is 2.43 bits per heavy atom. The van der Waals surface area contributed by atoms with Gasteiger partial charge >= 0.3 is 6.18 Å². The number of rotatable bonds is 7. The van der Waals surface area contributed by atoms with Crippen molar-refractivity contribution in [1.29, 1.82) is 0 Å². The van der Waals surface area contributed by atoms with E-state index in [9.17, 15) is 13.2 Å². The number of nitrogens with one attached hydrogen (secondary N) is 1. The molecule has 0 atom stereocenters. The summed E-state index contributed by atoms with van der Waals surface area (Å²) in [5.74, 6) is 1.47. The van der Waals surface area contributed by atoms with Crippen molar-refractivity contribution < 1.29 is 17.9 Å². The van der Waals surface area contributed by atoms with Gasteiger partial charge in [0.2, 0.25) is 5.88 Å². The van der Waals surface area contributed by atoms with Crippen LogP contribution in [0.1, 0.15) is 50.9 Å². The van der Waals surface area contributed by atoms with Gasteiger partial charge in [0.05, 0.1) is 18.6 Å². The van der Waals surface area contributed by atoms with E-state index < -0.39 is 19.2 Å². The predicted octanol–water partition coefficient (Wildman–Crippen LogP) is 4.06. The van der Waals surface area contributed by atoms with Crippen LogP contribution in [0.3, 0.4) is 0 Å². The molecule has 1 heterocycles. The first-order chi connectivity index (χ1) is 9.74. The maximum absolute atomic E-state index is 12.2. The van der Waals surface area contributed by atoms with Crippen LogP contribution in [-0.4, -0.2) is 29.3 Å². The molecule has 0 fully saturated rings. The third-order valence-corrected chi connectivity index (χ3v) is 2.80. The van der Waals surface area contributed by atoms with E-state index in [2.05, 4.69) is 15.3 Å². The van der Waals surface area contributed by atoms with E-state index in [1.807, 2.05) is 20.8 Å². The van der Waals surface area contributed by atoms with Crippen molar-refractivity contribution in [3.63, 3.8) is 0 Å². The van der Waals surface area contributed by atoms with E-state index in [0.717, 1.165) is 13.0 Å². The molecule has 0 aromatic carbocycles. The summed E-state index contributed by atoms with van der Waals surface area (Å²) in [7, 11) is 0. The third-order valence-electron chi connectivity index (χ3n) is 2.80. The largest absolute Gasteiger partial charge is 0.477 e. The normalized spacial score (nSPS) is 11.8. The van der Waals surface area contributed by atoms with E-state index in [4.69, 9.17) is 4.74 Å². The van der Waals surface area contributed by atoms with Crippen LogP contribution < -0.4 is 10.1 Å². The van der Waals surface area contributed by atoms with Crippen LogP contribution in [0.15, 0.2) is 0 Å². The number of halogens is 3. The second-order valence-electron chi connectivity index (χ2n) is 5.16. The summed E-state index contributed by atoms with van der Waals surface area (Å²) in [5, 5.41) is 3.15. The molecule has 7 heteroatoms. The summed E-state index contributed by atoms with van der Waals surface area (Å²) in [5.41, 5.74) is 0.634. The van der Waals surface area contributed by atoms with Crippen LogP contribution in [0.25, 0.3) is 0 Å². The van der Waals surface area contributed by atoms with Gasteiger partial charge in [-0.25, -0.2) is 4.98 Å². The minimum atomic E-state index is -4.23. The fourth-order valence-electron chi connectivity index (χ4n) is 1.59. The highest BCUT2D eigenvalue weighted by Gasteiger charge is 2.27. The molecule has 1 aromatic heterocycles. The highest BCUT2D eigenvalue weighted by atomic mass is 19.4. The van der Waals surface area contributed by atoms with Crippen molar-refractivity contribution in [3.8, 4) is 5.88 Å². The number of aromatic nitrogens is 2. The fraction of sp³-hybridized carbons (Fsp3) is 0.714. The maximum atomic E-state index is 12.2. The summed E-state index contributed by atoms with van der Waals surface area (Å²) in [6.45, 7) is 7.91. The first-order valence-corrected chi connectivity index (χ1v) is 7.06. The number of hydrogen-bond donors (Lipinski definition) is 1. The Bertz CT molecular complexity index is 462. The zero-order chi connectivity index (χ0) is 16.0. The number of anilines is 1. The average Bonchev–Trinajstić information content (AvgIpc) is 2.37. The molecule has 0 amide bonds. The Labute approximate surface area is 123 Å². The highest BCUT2D eigenvalue weighted by molar-refractivity contribution is 5.48. The summed E-state index contributed by atoms with van der Waals surface area (Å²) in [4.78, 5) is 8.62. The van der Waals surface area contributed by atoms with E-state index >= 15 is 0 Å². The number of alkyl halides is 3. The molecule has 1 N–H and O–H groups in total. The molecule has 120 valence electrons. The Morgan fingerprint density at radius 1 is 1.24 bits per heavy atom. The quantitative estimate of drug-likeness (QED) is 0.825. The van der Waals surface area contributed by atoms with Gasteiger partial charge in [0.1, 0.15) is 11.6 Å². The van der Waals surface area contributed by atoms with Gasteiger partial charge in [-0.3, -0.25) is 0 Å². The van der Waals surface area contributed by atoms with Crippen LogP contribution in [0.2, 0.25) is 0 Å². The van der Waals surface area contributed by atoms with Crippen LogP contribution in [0.4, 0.5) is 19.0 Å². The highest BCUT2D eigenvalue weighted by Crippen LogP contribution is 2.26. The molecule has 0 aliphatic heterocycles. The minimum Gasteiger partial charge on any atom is -0.477 e. The molecule has 1 aromatic rings. The zero-order valence-electron chi connectivity index (χ0n) is 12.8. The number of nitrogens with zero attached hydrogens (tertiary/aromatic N) is 2. The molecule has 0 unspecified atom stereocenters. The van der Waals surface area contributed by atoms with Gasteiger partial charge in [-0.2, -0.15) is 18.2 Å². The Morgan fingerprint density at radius 2 is 1.90 bits per heavy atom. The van der Waals surface area contributed by atoms with Crippen molar-refractivity contribution in [2.45, 2.75) is 52.6 Å². The van der Waals surface area contributed by atoms with Gasteiger partial charge in [0.15, 0.2) is 0 Å². The SMILES string of the molecule is CCCNc1nc(C(C)C)nc(OCCC(F)(F)F)c1C. The summed E-state index contributed by atoms with van der Waals surface area (Å²) in [6, 6.07) is 0. The Balaban J connectivity index is 2.92. The van der Waals surface area contributed by atoms with Crippen molar-refractivity contribution in [1.82, 2.24) is 9.97 Å². The van der Waals surface area contributed by atoms with E-state index in [1.165, 1.54) is 0 Å². The van der Waals surface area contributed by atoms with Gasteiger partial charge in [0, 0.05) is 12.5 Å². The average molecular weight is 305 g/mol. The lowest BCUT2D eigenvalue weighted by Gasteiger charge is -2.16. The van der Waals surface area contributed by atoms with E-state index in [0.29, 0.717) is 17.2 Å². The van der Waals surface area contributed by atoms with Crippen LogP contribution in [0, 0.1) is 6.92 Å². The molecule has 0 aliphatic carbocycles. The third kappa shape index (κ3) is 5.77. The first-order valence-electron chi connectivity index (χ1n) is 7.06. The molecule has 21 heavy (non-hydrogen) atoms. The Hall–Kier alpha value is -1.53. The predicted molar refractivity (Wildman–Crippen MR) is 75.8 cm³/mol. The first kappa shape index (κ1) is 17.5. The molecule has 0 saturated heterocycles. The lowest BCUT2D eigenvalue weighted by atomic mass is 10.2. The van der Waals surface area contributed by atoms with Gasteiger partial charge in [-0.05, 0) is 13.3 Å². The summed E-state index contributed by atoms with van der Waals surface area (Å²) < 4.78 is 41.8. The number of hydrogen-bond acceptors (Lipinski definition) is 4. The smallest absolute Gasteiger partial charge is 0.392 e. The van der Waals surface area contributed by atoms with Gasteiger partial charge < -0.3 is 10.1 Å². The van der Waals surface area contributed by atoms with E-state index in [-0.39, 0.29) is 11.8 Å². The summed E-state index contributed by atoms with van der Waals surface area (Å²) >= 11 is 0. The zero-order valence-corrected chi connectivity index (χ0v) is 12.8. The topological polar surface area (TPSA) is 47.0 Å². The standard InChI is InChI=1S/C14H22F3N3O/c1-5-7-18-12-10(4)13(20-11(19-12)9(2)3)21-8-6-14(15,16)17/h9H,5-8H2,1-4H3,(H,18,19,20). The molecule has 0 spiro atoms. The molecule has 0 radical (unpaired) electrons. The van der Waals surface area contributed by atoms with Crippen molar-refractivity contribution in [3.05, 3.63) is 11.4 Å². The lowest BCUT2D eigenvalue weighted by Crippen LogP contribution is -2.15. The van der Waals surface area contributed by atoms with Crippen LogP contribution >= 0.6 is 0 Å². The number of ether oxygens (including phenoxy) is 1. The second kappa shape index (κ2) is 7.47. The molecule has 0 bridgehead atoms.